The van der Waals surface area contributed by atoms with Crippen LogP contribution in [-0.4, -0.2) is 32.4 Å². The van der Waals surface area contributed by atoms with E-state index in [4.69, 9.17) is 15.2 Å². The Balaban J connectivity index is 2.70. The normalized spacial score (nSPS) is 10.4. The van der Waals surface area contributed by atoms with Crippen LogP contribution in [0.2, 0.25) is 0 Å². The van der Waals surface area contributed by atoms with Crippen LogP contribution in [0.4, 0.5) is 5.69 Å². The van der Waals surface area contributed by atoms with E-state index in [2.05, 4.69) is 4.74 Å². The molecule has 1 rings (SSSR count). The second-order valence-corrected chi connectivity index (χ2v) is 3.98. The lowest BCUT2D eigenvalue weighted by atomic mass is 10.1. The monoisotopic (exact) mass is 253 g/mol. The molecule has 1 aromatic carbocycles. The van der Waals surface area contributed by atoms with E-state index in [0.29, 0.717) is 24.7 Å². The Kier molecular flexibility index (Phi) is 5.45. The van der Waals surface area contributed by atoms with E-state index >= 15 is 0 Å². The van der Waals surface area contributed by atoms with E-state index in [0.717, 1.165) is 0 Å². The summed E-state index contributed by atoms with van der Waals surface area (Å²) in [6.07, 6.45) is 0.148. The highest BCUT2D eigenvalue weighted by Gasteiger charge is 2.16. The smallest absolute Gasteiger partial charge is 0.343 e. The van der Waals surface area contributed by atoms with Gasteiger partial charge in [0.2, 0.25) is 0 Å². The molecule has 0 bridgehead atoms. The average Bonchev–Trinajstić information content (AvgIpc) is 2.33. The molecule has 0 saturated heterocycles. The quantitative estimate of drug-likeness (QED) is 0.476. The van der Waals surface area contributed by atoms with Gasteiger partial charge in [-0.25, -0.2) is 4.79 Å². The maximum Gasteiger partial charge on any atom is 0.343 e. The molecule has 0 aliphatic heterocycles. The fraction of sp³-hybridized carbons (Fsp3) is 0.462. The summed E-state index contributed by atoms with van der Waals surface area (Å²) in [6, 6.07) is 5.03. The maximum atomic E-state index is 11.6. The highest BCUT2D eigenvalue weighted by Crippen LogP contribution is 2.25. The highest BCUT2D eigenvalue weighted by molar-refractivity contribution is 5.98. The Hall–Kier alpha value is -1.75. The van der Waals surface area contributed by atoms with Crippen molar-refractivity contribution in [3.8, 4) is 5.75 Å². The number of nitrogen functional groups attached to an aromatic ring is 1. The third kappa shape index (κ3) is 3.92. The molecule has 0 aliphatic carbocycles. The lowest BCUT2D eigenvalue weighted by Gasteiger charge is -2.13. The highest BCUT2D eigenvalue weighted by atomic mass is 16.5. The van der Waals surface area contributed by atoms with E-state index < -0.39 is 5.97 Å². The predicted octanol–water partition coefficient (Wildman–Crippen LogP) is 1.86. The SMILES string of the molecule is COC(=O)c1c(N)cccc1OCCOC(C)C. The second kappa shape index (κ2) is 6.86. The first-order valence-electron chi connectivity index (χ1n) is 5.77. The number of anilines is 1. The minimum atomic E-state index is -0.507. The van der Waals surface area contributed by atoms with Crippen molar-refractivity contribution in [2.45, 2.75) is 20.0 Å². The third-order valence-electron chi connectivity index (χ3n) is 2.24. The van der Waals surface area contributed by atoms with E-state index in [9.17, 15) is 4.79 Å². The maximum absolute atomic E-state index is 11.6. The van der Waals surface area contributed by atoms with Crippen LogP contribution < -0.4 is 10.5 Å². The number of benzene rings is 1. The second-order valence-electron chi connectivity index (χ2n) is 3.98. The van der Waals surface area contributed by atoms with E-state index in [1.807, 2.05) is 13.8 Å². The first-order valence-corrected chi connectivity index (χ1v) is 5.77. The van der Waals surface area contributed by atoms with Gasteiger partial charge in [0.25, 0.3) is 0 Å². The van der Waals surface area contributed by atoms with Gasteiger partial charge in [-0.1, -0.05) is 6.07 Å². The minimum Gasteiger partial charge on any atom is -0.490 e. The van der Waals surface area contributed by atoms with Gasteiger partial charge in [-0.3, -0.25) is 0 Å². The summed E-state index contributed by atoms with van der Waals surface area (Å²) in [5.41, 5.74) is 6.33. The topological polar surface area (TPSA) is 70.8 Å². The molecule has 5 heteroatoms. The predicted molar refractivity (Wildman–Crippen MR) is 68.8 cm³/mol. The fourth-order valence-electron chi connectivity index (χ4n) is 1.42. The van der Waals surface area contributed by atoms with Gasteiger partial charge in [0.15, 0.2) is 0 Å². The molecule has 0 radical (unpaired) electrons. The Morgan fingerprint density at radius 3 is 2.67 bits per heavy atom. The molecular weight excluding hydrogens is 234 g/mol. The molecule has 0 amide bonds. The number of esters is 1. The van der Waals surface area contributed by atoms with Crippen molar-refractivity contribution < 1.29 is 19.0 Å². The van der Waals surface area contributed by atoms with Gasteiger partial charge in [-0.2, -0.15) is 0 Å². The van der Waals surface area contributed by atoms with Crippen molar-refractivity contribution >= 4 is 11.7 Å². The van der Waals surface area contributed by atoms with Crippen LogP contribution in [0, 0.1) is 0 Å². The molecule has 0 spiro atoms. The molecule has 2 N–H and O–H groups in total. The number of carbonyl (C=O) groups excluding carboxylic acids is 1. The van der Waals surface area contributed by atoms with Crippen molar-refractivity contribution in [1.82, 2.24) is 0 Å². The van der Waals surface area contributed by atoms with Gasteiger partial charge >= 0.3 is 5.97 Å². The molecule has 0 saturated carbocycles. The average molecular weight is 253 g/mol. The molecule has 0 aliphatic rings. The van der Waals surface area contributed by atoms with Gasteiger partial charge < -0.3 is 19.9 Å². The lowest BCUT2D eigenvalue weighted by molar-refractivity contribution is 0.0523. The summed E-state index contributed by atoms with van der Waals surface area (Å²) >= 11 is 0. The zero-order chi connectivity index (χ0) is 13.5. The van der Waals surface area contributed by atoms with Crippen LogP contribution in [0.25, 0.3) is 0 Å². The molecular formula is C13H19NO4. The van der Waals surface area contributed by atoms with Gasteiger partial charge in [0.05, 0.1) is 19.8 Å². The van der Waals surface area contributed by atoms with Crippen molar-refractivity contribution in [3.05, 3.63) is 23.8 Å². The summed E-state index contributed by atoms with van der Waals surface area (Å²) in [6.45, 7) is 4.69. The summed E-state index contributed by atoms with van der Waals surface area (Å²) in [5, 5.41) is 0. The Morgan fingerprint density at radius 2 is 2.06 bits per heavy atom. The Labute approximate surface area is 107 Å². The van der Waals surface area contributed by atoms with E-state index in [-0.39, 0.29) is 11.7 Å². The van der Waals surface area contributed by atoms with Crippen molar-refractivity contribution in [1.29, 1.82) is 0 Å². The van der Waals surface area contributed by atoms with Crippen LogP contribution in [0.3, 0.4) is 0 Å². The van der Waals surface area contributed by atoms with E-state index in [1.165, 1.54) is 7.11 Å². The number of nitrogens with two attached hydrogens (primary N) is 1. The van der Waals surface area contributed by atoms with Gasteiger partial charge in [0, 0.05) is 5.69 Å². The molecule has 0 heterocycles. The van der Waals surface area contributed by atoms with Crippen LogP contribution in [0.5, 0.6) is 5.75 Å². The van der Waals surface area contributed by atoms with Crippen molar-refractivity contribution in [3.63, 3.8) is 0 Å². The fourth-order valence-corrected chi connectivity index (χ4v) is 1.42. The van der Waals surface area contributed by atoms with E-state index in [1.54, 1.807) is 18.2 Å². The zero-order valence-electron chi connectivity index (χ0n) is 10.9. The zero-order valence-corrected chi connectivity index (χ0v) is 10.9. The minimum absolute atomic E-state index is 0.148. The number of ether oxygens (including phenoxy) is 3. The molecule has 0 fully saturated rings. The number of methoxy groups -OCH3 is 1. The van der Waals surface area contributed by atoms with Crippen molar-refractivity contribution in [2.24, 2.45) is 0 Å². The number of rotatable bonds is 6. The Morgan fingerprint density at radius 1 is 1.33 bits per heavy atom. The molecule has 0 atom stereocenters. The third-order valence-corrected chi connectivity index (χ3v) is 2.24. The van der Waals surface area contributed by atoms with Crippen LogP contribution >= 0.6 is 0 Å². The van der Waals surface area contributed by atoms with Gasteiger partial charge in [-0.15, -0.1) is 0 Å². The molecule has 1 aromatic rings. The molecule has 18 heavy (non-hydrogen) atoms. The summed E-state index contributed by atoms with van der Waals surface area (Å²) in [7, 11) is 1.31. The summed E-state index contributed by atoms with van der Waals surface area (Å²) in [5.74, 6) is -0.0953. The molecule has 0 unspecified atom stereocenters. The standard InChI is InChI=1S/C13H19NO4/c1-9(2)17-7-8-18-11-6-4-5-10(14)12(11)13(15)16-3/h4-6,9H,7-8,14H2,1-3H3. The summed E-state index contributed by atoms with van der Waals surface area (Å²) < 4.78 is 15.5. The number of hydrogen-bond donors (Lipinski definition) is 1. The van der Waals surface area contributed by atoms with Crippen LogP contribution in [0.1, 0.15) is 24.2 Å². The summed E-state index contributed by atoms with van der Waals surface area (Å²) in [4.78, 5) is 11.6. The number of carbonyl (C=O) groups is 1. The molecule has 100 valence electrons. The Bertz CT molecular complexity index is 404. The first-order chi connectivity index (χ1) is 8.56. The van der Waals surface area contributed by atoms with Gasteiger partial charge in [-0.05, 0) is 26.0 Å². The lowest BCUT2D eigenvalue weighted by Crippen LogP contribution is -2.14. The first kappa shape index (κ1) is 14.3. The van der Waals surface area contributed by atoms with Crippen LogP contribution in [-0.2, 0) is 9.47 Å². The van der Waals surface area contributed by atoms with Gasteiger partial charge in [0.1, 0.15) is 17.9 Å². The largest absolute Gasteiger partial charge is 0.490 e. The molecule has 0 aromatic heterocycles. The molecule has 5 nitrogen and oxygen atoms in total. The van der Waals surface area contributed by atoms with Crippen LogP contribution in [0.15, 0.2) is 18.2 Å². The van der Waals surface area contributed by atoms with Crippen molar-refractivity contribution in [2.75, 3.05) is 26.1 Å². The number of hydrogen-bond acceptors (Lipinski definition) is 5.